The predicted molar refractivity (Wildman–Crippen MR) is 94.7 cm³/mol. The molecule has 3 heteroatoms. The molecule has 0 amide bonds. The molecule has 3 N–H and O–H groups in total. The normalized spacial score (nSPS) is 14.6. The van der Waals surface area contributed by atoms with Crippen molar-refractivity contribution >= 4 is 18.1 Å². The first-order valence-electron chi connectivity index (χ1n) is 7.50. The summed E-state index contributed by atoms with van der Waals surface area (Å²) in [6.45, 7) is 1.74. The van der Waals surface area contributed by atoms with Gasteiger partial charge >= 0.3 is 5.97 Å². The second-order valence-corrected chi connectivity index (χ2v) is 5.71. The van der Waals surface area contributed by atoms with Crippen LogP contribution >= 0.6 is 0 Å². The molecule has 1 unspecified atom stereocenters. The van der Waals surface area contributed by atoms with Crippen LogP contribution in [0.3, 0.4) is 0 Å². The maximum Gasteiger partial charge on any atom is 0.333 e. The summed E-state index contributed by atoms with van der Waals surface area (Å²) in [6, 6.07) is 19.2. The summed E-state index contributed by atoms with van der Waals surface area (Å²) in [5.41, 5.74) is 7.41. The van der Waals surface area contributed by atoms with Crippen molar-refractivity contribution in [1.82, 2.24) is 0 Å². The first-order chi connectivity index (χ1) is 11.0. The molecule has 0 aliphatic heterocycles. The van der Waals surface area contributed by atoms with Gasteiger partial charge in [0.2, 0.25) is 0 Å². The van der Waals surface area contributed by atoms with E-state index in [-0.39, 0.29) is 5.57 Å². The number of hydrogen-bond donors (Lipinski definition) is 2. The molecule has 0 fully saturated rings. The fourth-order valence-electron chi connectivity index (χ4n) is 2.30. The van der Waals surface area contributed by atoms with Gasteiger partial charge in [-0.25, -0.2) is 4.79 Å². The Morgan fingerprint density at radius 1 is 1.04 bits per heavy atom. The van der Waals surface area contributed by atoms with Gasteiger partial charge in [-0.3, -0.25) is 0 Å². The van der Waals surface area contributed by atoms with Gasteiger partial charge in [-0.05, 0) is 30.5 Å². The van der Waals surface area contributed by atoms with Gasteiger partial charge in [0.1, 0.15) is 0 Å². The van der Waals surface area contributed by atoms with Crippen LogP contribution in [0.5, 0.6) is 0 Å². The van der Waals surface area contributed by atoms with Crippen LogP contribution in [0.2, 0.25) is 0 Å². The Hall–Kier alpha value is -2.65. The zero-order chi connectivity index (χ0) is 16.7. The molecule has 2 aromatic rings. The van der Waals surface area contributed by atoms with Gasteiger partial charge in [-0.1, -0.05) is 72.8 Å². The third kappa shape index (κ3) is 4.94. The molecule has 23 heavy (non-hydrogen) atoms. The lowest BCUT2D eigenvalue weighted by Gasteiger charge is -2.24. The first-order valence-corrected chi connectivity index (χ1v) is 7.50. The molecule has 2 aromatic carbocycles. The summed E-state index contributed by atoms with van der Waals surface area (Å²) in [5, 5.41) is 9.51. The van der Waals surface area contributed by atoms with Crippen molar-refractivity contribution in [2.75, 3.05) is 0 Å². The first kappa shape index (κ1) is 16.7. The van der Waals surface area contributed by atoms with Crippen LogP contribution in [0, 0.1) is 0 Å². The van der Waals surface area contributed by atoms with Crippen molar-refractivity contribution < 1.29 is 9.90 Å². The van der Waals surface area contributed by atoms with Gasteiger partial charge in [0.05, 0.1) is 5.57 Å². The summed E-state index contributed by atoms with van der Waals surface area (Å²) >= 11 is 0. The smallest absolute Gasteiger partial charge is 0.333 e. The second-order valence-electron chi connectivity index (χ2n) is 5.71. The molecule has 2 rings (SSSR count). The molecule has 0 aliphatic rings. The van der Waals surface area contributed by atoms with Gasteiger partial charge < -0.3 is 10.8 Å². The van der Waals surface area contributed by atoms with Crippen LogP contribution in [-0.4, -0.2) is 16.6 Å². The monoisotopic (exact) mass is 307 g/mol. The molecule has 0 spiro atoms. The fraction of sp³-hybridized carbons (Fsp3) is 0.150. The van der Waals surface area contributed by atoms with Crippen LogP contribution in [0.15, 0.2) is 72.3 Å². The highest BCUT2D eigenvalue weighted by atomic mass is 16.4. The van der Waals surface area contributed by atoms with E-state index in [9.17, 15) is 9.90 Å². The minimum Gasteiger partial charge on any atom is -0.478 e. The Morgan fingerprint density at radius 2 is 1.57 bits per heavy atom. The van der Waals surface area contributed by atoms with E-state index in [0.717, 1.165) is 11.1 Å². The third-order valence-electron chi connectivity index (χ3n) is 3.61. The largest absolute Gasteiger partial charge is 0.478 e. The molecule has 118 valence electrons. The van der Waals surface area contributed by atoms with Gasteiger partial charge in [0.15, 0.2) is 0 Å². The van der Waals surface area contributed by atoms with Crippen LogP contribution in [0.25, 0.3) is 12.2 Å². The molecular formula is C20H21NO2. The Labute approximate surface area is 136 Å². The van der Waals surface area contributed by atoms with Crippen LogP contribution < -0.4 is 5.73 Å². The number of aliphatic carboxylic acids is 1. The standard InChI is InChI=1S/C20H21NO2/c1-20(21,14-8-13-16-9-4-2-5-10-16)18(19(22)23)15-17-11-6-3-7-12-17/h2-13,15H,14,21H2,1H3,(H,22,23). The molecule has 1 atom stereocenters. The highest BCUT2D eigenvalue weighted by Gasteiger charge is 2.28. The molecule has 0 bridgehead atoms. The SMILES string of the molecule is CC(N)(CC=Cc1ccccc1)C(=Cc1ccccc1)C(=O)O. The van der Waals surface area contributed by atoms with Crippen molar-refractivity contribution in [2.45, 2.75) is 18.9 Å². The van der Waals surface area contributed by atoms with E-state index in [0.29, 0.717) is 6.42 Å². The average Bonchev–Trinajstić information content (AvgIpc) is 2.54. The molecule has 0 radical (unpaired) electrons. The number of carbonyl (C=O) groups is 1. The van der Waals surface area contributed by atoms with Crippen LogP contribution in [-0.2, 0) is 4.79 Å². The zero-order valence-electron chi connectivity index (χ0n) is 13.1. The summed E-state index contributed by atoms with van der Waals surface area (Å²) in [4.78, 5) is 11.6. The summed E-state index contributed by atoms with van der Waals surface area (Å²) in [5.74, 6) is -0.994. The van der Waals surface area contributed by atoms with Crippen molar-refractivity contribution in [1.29, 1.82) is 0 Å². The van der Waals surface area contributed by atoms with Gasteiger partial charge in [-0.15, -0.1) is 0 Å². The van der Waals surface area contributed by atoms with E-state index in [4.69, 9.17) is 5.73 Å². The Morgan fingerprint density at radius 3 is 2.09 bits per heavy atom. The number of hydrogen-bond acceptors (Lipinski definition) is 2. The van der Waals surface area contributed by atoms with Crippen molar-refractivity contribution in [2.24, 2.45) is 5.73 Å². The topological polar surface area (TPSA) is 63.3 Å². The van der Waals surface area contributed by atoms with E-state index in [1.165, 1.54) is 0 Å². The van der Waals surface area contributed by atoms with E-state index < -0.39 is 11.5 Å². The molecule has 0 saturated heterocycles. The lowest BCUT2D eigenvalue weighted by atomic mass is 9.87. The minimum absolute atomic E-state index is 0.196. The Balaban J connectivity index is 2.19. The van der Waals surface area contributed by atoms with Gasteiger partial charge in [-0.2, -0.15) is 0 Å². The summed E-state index contributed by atoms with van der Waals surface area (Å²) in [6.07, 6.45) is 5.94. The molecular weight excluding hydrogens is 286 g/mol. The van der Waals surface area contributed by atoms with Gasteiger partial charge in [0.25, 0.3) is 0 Å². The van der Waals surface area contributed by atoms with E-state index >= 15 is 0 Å². The number of nitrogens with two attached hydrogens (primary N) is 1. The third-order valence-corrected chi connectivity index (χ3v) is 3.61. The van der Waals surface area contributed by atoms with E-state index in [1.807, 2.05) is 72.8 Å². The predicted octanol–water partition coefficient (Wildman–Crippen LogP) is 3.98. The van der Waals surface area contributed by atoms with Crippen molar-refractivity contribution in [3.63, 3.8) is 0 Å². The number of rotatable bonds is 6. The lowest BCUT2D eigenvalue weighted by molar-refractivity contribution is -0.133. The molecule has 0 saturated carbocycles. The maximum absolute atomic E-state index is 11.6. The Kier molecular flexibility index (Phi) is 5.50. The summed E-state index contributed by atoms with van der Waals surface area (Å²) < 4.78 is 0. The van der Waals surface area contributed by atoms with E-state index in [1.54, 1.807) is 13.0 Å². The molecule has 3 nitrogen and oxygen atoms in total. The number of benzene rings is 2. The van der Waals surface area contributed by atoms with Crippen LogP contribution in [0.4, 0.5) is 0 Å². The molecule has 0 heterocycles. The zero-order valence-corrected chi connectivity index (χ0v) is 13.1. The average molecular weight is 307 g/mol. The second kappa shape index (κ2) is 7.56. The minimum atomic E-state index is -0.994. The van der Waals surface area contributed by atoms with Crippen molar-refractivity contribution in [3.05, 3.63) is 83.4 Å². The fourth-order valence-corrected chi connectivity index (χ4v) is 2.30. The number of carboxylic acids is 1. The maximum atomic E-state index is 11.6. The summed E-state index contributed by atoms with van der Waals surface area (Å²) in [7, 11) is 0. The van der Waals surface area contributed by atoms with Crippen molar-refractivity contribution in [3.8, 4) is 0 Å². The Bertz CT molecular complexity index is 701. The highest BCUT2D eigenvalue weighted by Crippen LogP contribution is 2.22. The highest BCUT2D eigenvalue weighted by molar-refractivity contribution is 5.94. The number of carboxylic acid groups (broad SMARTS) is 1. The van der Waals surface area contributed by atoms with E-state index in [2.05, 4.69) is 0 Å². The van der Waals surface area contributed by atoms with Gasteiger partial charge in [0, 0.05) is 5.54 Å². The van der Waals surface area contributed by atoms with Crippen LogP contribution in [0.1, 0.15) is 24.5 Å². The quantitative estimate of drug-likeness (QED) is 0.794. The molecule has 0 aromatic heterocycles. The molecule has 0 aliphatic carbocycles. The lowest BCUT2D eigenvalue weighted by Crippen LogP contribution is -2.40.